The second-order valence-corrected chi connectivity index (χ2v) is 11.0. The maximum Gasteiger partial charge on any atom is 0.291 e. The van der Waals surface area contributed by atoms with Gasteiger partial charge in [0.05, 0.1) is 24.4 Å². The van der Waals surface area contributed by atoms with Crippen LogP contribution in [0.4, 0.5) is 5.69 Å². The molecule has 2 aromatic heterocycles. The van der Waals surface area contributed by atoms with Crippen molar-refractivity contribution in [2.24, 2.45) is 0 Å². The summed E-state index contributed by atoms with van der Waals surface area (Å²) in [6.45, 7) is 5.15. The number of ether oxygens (including phenoxy) is 1. The van der Waals surface area contributed by atoms with Crippen molar-refractivity contribution in [1.82, 2.24) is 14.6 Å². The lowest BCUT2D eigenvalue weighted by atomic mass is 10.1. The fourth-order valence-electron chi connectivity index (χ4n) is 4.48. The molecular formula is C29H23BrN4O3S. The Bertz CT molecular complexity index is 1790. The van der Waals surface area contributed by atoms with Gasteiger partial charge in [0.2, 0.25) is 4.96 Å². The lowest BCUT2D eigenvalue weighted by Gasteiger charge is -2.17. The molecule has 0 spiro atoms. The maximum atomic E-state index is 13.8. The standard InChI is InChI=1S/C29H23BrN4O3S/c1-3-14-37-21-11-8-19(9-12-21)26-31-29-34(32-26)28(36)25(38-29)24-22-15-20(30)10-13-23(22)33(27(24)35)16-18-6-4-17(2)5-7-18/h4-13,15H,3,14,16H2,1-2H3. The van der Waals surface area contributed by atoms with Gasteiger partial charge >= 0.3 is 0 Å². The van der Waals surface area contributed by atoms with Gasteiger partial charge in [0, 0.05) is 15.6 Å². The molecule has 0 bridgehead atoms. The molecule has 0 fully saturated rings. The molecule has 7 nitrogen and oxygen atoms in total. The first-order valence-corrected chi connectivity index (χ1v) is 13.9. The summed E-state index contributed by atoms with van der Waals surface area (Å²) in [6, 6.07) is 21.3. The number of anilines is 1. The van der Waals surface area contributed by atoms with Gasteiger partial charge in [-0.3, -0.25) is 9.59 Å². The fourth-order valence-corrected chi connectivity index (χ4v) is 5.84. The summed E-state index contributed by atoms with van der Waals surface area (Å²) in [7, 11) is 0. The van der Waals surface area contributed by atoms with Gasteiger partial charge in [-0.2, -0.15) is 9.50 Å². The minimum Gasteiger partial charge on any atom is -0.494 e. The summed E-state index contributed by atoms with van der Waals surface area (Å²) in [6.07, 6.45) is 0.932. The predicted octanol–water partition coefficient (Wildman–Crippen LogP) is 5.14. The smallest absolute Gasteiger partial charge is 0.291 e. The summed E-state index contributed by atoms with van der Waals surface area (Å²) >= 11 is 4.71. The lowest BCUT2D eigenvalue weighted by molar-refractivity contribution is -0.113. The van der Waals surface area contributed by atoms with Crippen LogP contribution in [0, 0.1) is 6.92 Å². The maximum absolute atomic E-state index is 13.8. The molecule has 1 aliphatic rings. The van der Waals surface area contributed by atoms with Crippen molar-refractivity contribution in [1.29, 1.82) is 0 Å². The highest BCUT2D eigenvalue weighted by atomic mass is 79.9. The van der Waals surface area contributed by atoms with Crippen LogP contribution in [0.15, 0.2) is 76.0 Å². The van der Waals surface area contributed by atoms with Crippen molar-refractivity contribution in [2.75, 3.05) is 11.5 Å². The third-order valence-electron chi connectivity index (χ3n) is 6.41. The highest BCUT2D eigenvalue weighted by molar-refractivity contribution is 9.10. The molecule has 0 N–H and O–H groups in total. The molecule has 1 aliphatic heterocycles. The number of amides is 1. The van der Waals surface area contributed by atoms with Crippen molar-refractivity contribution in [3.05, 3.63) is 103 Å². The van der Waals surface area contributed by atoms with E-state index in [0.29, 0.717) is 34.0 Å². The van der Waals surface area contributed by atoms with Crippen LogP contribution in [0.1, 0.15) is 30.0 Å². The highest BCUT2D eigenvalue weighted by Crippen LogP contribution is 2.38. The Morgan fingerprint density at radius 3 is 2.47 bits per heavy atom. The zero-order valence-corrected chi connectivity index (χ0v) is 23.2. The zero-order chi connectivity index (χ0) is 26.4. The molecule has 0 saturated carbocycles. The lowest BCUT2D eigenvalue weighted by Crippen LogP contribution is -2.32. The number of fused-ring (bicyclic) bond motifs is 2. The van der Waals surface area contributed by atoms with E-state index in [4.69, 9.17) is 4.74 Å². The molecule has 0 saturated heterocycles. The van der Waals surface area contributed by atoms with Gasteiger partial charge in [-0.25, -0.2) is 0 Å². The van der Waals surface area contributed by atoms with E-state index in [9.17, 15) is 9.59 Å². The van der Waals surface area contributed by atoms with Crippen molar-refractivity contribution >= 4 is 49.4 Å². The van der Waals surface area contributed by atoms with Crippen molar-refractivity contribution < 1.29 is 9.53 Å². The Morgan fingerprint density at radius 2 is 1.76 bits per heavy atom. The Kier molecular flexibility index (Phi) is 6.33. The van der Waals surface area contributed by atoms with Crippen LogP contribution in [0.2, 0.25) is 0 Å². The SMILES string of the molecule is CCCOc1ccc(-c2nc3sc(=C4C(=O)N(Cc5ccc(C)cc5)c5ccc(Br)cc54)c(=O)n3n2)cc1. The Hall–Kier alpha value is -3.82. The topological polar surface area (TPSA) is 76.8 Å². The number of thiazole rings is 1. The monoisotopic (exact) mass is 586 g/mol. The number of halogens is 1. The Labute approximate surface area is 231 Å². The van der Waals surface area contributed by atoms with Gasteiger partial charge in [0.1, 0.15) is 10.3 Å². The molecule has 6 rings (SSSR count). The number of aryl methyl sites for hydroxylation is 1. The van der Waals surface area contributed by atoms with E-state index in [1.54, 1.807) is 4.90 Å². The first-order chi connectivity index (χ1) is 18.4. The minimum atomic E-state index is -0.349. The van der Waals surface area contributed by atoms with Crippen LogP contribution in [-0.2, 0) is 11.3 Å². The van der Waals surface area contributed by atoms with Crippen molar-refractivity contribution in [2.45, 2.75) is 26.8 Å². The molecule has 190 valence electrons. The van der Waals surface area contributed by atoms with Crippen LogP contribution < -0.4 is 19.7 Å². The molecule has 9 heteroatoms. The number of carbonyl (C=O) groups is 1. The van der Waals surface area contributed by atoms with Crippen LogP contribution in [0.3, 0.4) is 0 Å². The number of hydrogen-bond acceptors (Lipinski definition) is 6. The highest BCUT2D eigenvalue weighted by Gasteiger charge is 2.34. The van der Waals surface area contributed by atoms with Gasteiger partial charge < -0.3 is 9.64 Å². The second-order valence-electron chi connectivity index (χ2n) is 9.15. The average molecular weight is 587 g/mol. The van der Waals surface area contributed by atoms with Gasteiger partial charge in [0.15, 0.2) is 5.82 Å². The van der Waals surface area contributed by atoms with Gasteiger partial charge in [-0.15, -0.1) is 5.10 Å². The molecule has 0 unspecified atom stereocenters. The molecule has 5 aromatic rings. The first kappa shape index (κ1) is 24.5. The normalized spacial score (nSPS) is 14.4. The van der Waals surface area contributed by atoms with Crippen molar-refractivity contribution in [3.63, 3.8) is 0 Å². The molecule has 3 aromatic carbocycles. The van der Waals surface area contributed by atoms with E-state index in [0.717, 1.165) is 44.6 Å². The number of nitrogens with zero attached hydrogens (tertiary/aromatic N) is 4. The van der Waals surface area contributed by atoms with Crippen LogP contribution in [-0.4, -0.2) is 27.1 Å². The van der Waals surface area contributed by atoms with Crippen molar-refractivity contribution in [3.8, 4) is 17.1 Å². The molecule has 3 heterocycles. The fraction of sp³-hybridized carbons (Fsp3) is 0.172. The molecule has 0 radical (unpaired) electrons. The average Bonchev–Trinajstić information content (AvgIpc) is 3.55. The van der Waals surface area contributed by atoms with E-state index in [-0.39, 0.29) is 11.5 Å². The minimum absolute atomic E-state index is 0.205. The predicted molar refractivity (Wildman–Crippen MR) is 153 cm³/mol. The summed E-state index contributed by atoms with van der Waals surface area (Å²) in [5.74, 6) is 1.02. The molecule has 1 amide bonds. The number of carbonyl (C=O) groups excluding carboxylic acids is 1. The quantitative estimate of drug-likeness (QED) is 0.275. The van der Waals surface area contributed by atoms with Crippen LogP contribution in [0.5, 0.6) is 5.75 Å². The second kappa shape index (κ2) is 9.81. The number of benzene rings is 3. The number of aromatic nitrogens is 3. The molecule has 0 atom stereocenters. The summed E-state index contributed by atoms with van der Waals surface area (Å²) in [4.78, 5) is 34.1. The summed E-state index contributed by atoms with van der Waals surface area (Å²) in [5.41, 5.74) is 4.49. The number of hydrogen-bond donors (Lipinski definition) is 0. The summed E-state index contributed by atoms with van der Waals surface area (Å²) < 4.78 is 8.10. The number of rotatable bonds is 6. The first-order valence-electron chi connectivity index (χ1n) is 12.3. The van der Waals surface area contributed by atoms with E-state index >= 15 is 0 Å². The Morgan fingerprint density at radius 1 is 1.00 bits per heavy atom. The molecule has 38 heavy (non-hydrogen) atoms. The van der Waals surface area contributed by atoms with Gasteiger partial charge in [-0.05, 0) is 61.4 Å². The summed E-state index contributed by atoms with van der Waals surface area (Å²) in [5, 5.41) is 4.48. The van der Waals surface area contributed by atoms with E-state index < -0.39 is 0 Å². The third kappa shape index (κ3) is 4.31. The molecular weight excluding hydrogens is 564 g/mol. The van der Waals surface area contributed by atoms with E-state index in [1.807, 2.05) is 73.7 Å². The van der Waals surface area contributed by atoms with Crippen LogP contribution in [0.25, 0.3) is 21.9 Å². The Balaban J connectivity index is 1.42. The largest absolute Gasteiger partial charge is 0.494 e. The van der Waals surface area contributed by atoms with Crippen LogP contribution >= 0.6 is 27.3 Å². The van der Waals surface area contributed by atoms with Gasteiger partial charge in [0.25, 0.3) is 11.5 Å². The zero-order valence-electron chi connectivity index (χ0n) is 20.8. The molecule has 0 aliphatic carbocycles. The van der Waals surface area contributed by atoms with Gasteiger partial charge in [-0.1, -0.05) is 64.0 Å². The van der Waals surface area contributed by atoms with E-state index in [2.05, 4.69) is 32.9 Å². The van der Waals surface area contributed by atoms with E-state index in [1.165, 1.54) is 15.9 Å². The third-order valence-corrected chi connectivity index (χ3v) is 7.93.